The van der Waals surface area contributed by atoms with Gasteiger partial charge in [-0.2, -0.15) is 0 Å². The van der Waals surface area contributed by atoms with Crippen LogP contribution >= 0.6 is 67.8 Å². The van der Waals surface area contributed by atoms with Crippen LogP contribution in [0.1, 0.15) is 17.3 Å². The van der Waals surface area contributed by atoms with Crippen LogP contribution in [0.4, 0.5) is 0 Å². The van der Waals surface area contributed by atoms with Crippen molar-refractivity contribution in [2.45, 2.75) is 6.92 Å². The zero-order valence-electron chi connectivity index (χ0n) is 8.63. The quantitative estimate of drug-likeness (QED) is 0.435. The molecule has 1 amide bonds. The highest BCUT2D eigenvalue weighted by Crippen LogP contribution is 2.22. The van der Waals surface area contributed by atoms with Crippen molar-refractivity contribution in [3.8, 4) is 0 Å². The number of amides is 1. The molecule has 1 N–H and O–H groups in total. The van der Waals surface area contributed by atoms with Gasteiger partial charge in [0.2, 0.25) is 10.0 Å². The lowest BCUT2D eigenvalue weighted by molar-refractivity contribution is 0.0980. The fourth-order valence-corrected chi connectivity index (χ4v) is 3.93. The van der Waals surface area contributed by atoms with Crippen molar-refractivity contribution in [2.75, 3.05) is 5.75 Å². The highest BCUT2D eigenvalue weighted by atomic mass is 127. The van der Waals surface area contributed by atoms with Crippen LogP contribution in [0.25, 0.3) is 0 Å². The molecule has 0 atom stereocenters. The average molecular weight is 591 g/mol. The first-order chi connectivity index (χ1) is 7.76. The molecule has 4 nitrogen and oxygen atoms in total. The number of benzene rings is 1. The molecule has 1 aromatic carbocycles. The van der Waals surface area contributed by atoms with Gasteiger partial charge in [0, 0.05) is 10.7 Å². The molecule has 0 saturated carbocycles. The number of halogens is 3. The molecule has 0 aliphatic carbocycles. The van der Waals surface area contributed by atoms with Gasteiger partial charge in [0.15, 0.2) is 0 Å². The molecule has 0 fully saturated rings. The summed E-state index contributed by atoms with van der Waals surface area (Å²) in [5, 5.41) is 0. The van der Waals surface area contributed by atoms with Gasteiger partial charge in [-0.25, -0.2) is 13.1 Å². The Morgan fingerprint density at radius 2 is 1.88 bits per heavy atom. The van der Waals surface area contributed by atoms with Gasteiger partial charge in [-0.15, -0.1) is 0 Å². The molecule has 1 rings (SSSR count). The molecule has 0 bridgehead atoms. The summed E-state index contributed by atoms with van der Waals surface area (Å²) in [4.78, 5) is 11.8. The van der Waals surface area contributed by atoms with E-state index in [-0.39, 0.29) is 5.75 Å². The molecule has 8 heteroatoms. The van der Waals surface area contributed by atoms with Crippen molar-refractivity contribution < 1.29 is 13.2 Å². The maximum Gasteiger partial charge on any atom is 0.265 e. The molecule has 0 aliphatic rings. The molecule has 0 heterocycles. The van der Waals surface area contributed by atoms with Crippen LogP contribution < -0.4 is 4.72 Å². The van der Waals surface area contributed by atoms with E-state index in [1.165, 1.54) is 6.92 Å². The van der Waals surface area contributed by atoms with E-state index in [1.54, 1.807) is 6.07 Å². The summed E-state index contributed by atoms with van der Waals surface area (Å²) in [6.07, 6.45) is 0. The summed E-state index contributed by atoms with van der Waals surface area (Å²) in [5.41, 5.74) is 0.388. The van der Waals surface area contributed by atoms with E-state index >= 15 is 0 Å². The van der Waals surface area contributed by atoms with E-state index < -0.39 is 15.9 Å². The number of hydrogen-bond acceptors (Lipinski definition) is 3. The van der Waals surface area contributed by atoms with Crippen LogP contribution in [0.5, 0.6) is 0 Å². The molecule has 1 aromatic rings. The molecule has 17 heavy (non-hydrogen) atoms. The van der Waals surface area contributed by atoms with Crippen molar-refractivity contribution in [1.82, 2.24) is 4.72 Å². The maximum atomic E-state index is 11.8. The Balaban J connectivity index is 3.14. The molecular weight excluding hydrogens is 583 g/mol. The number of sulfonamides is 1. The van der Waals surface area contributed by atoms with Gasteiger partial charge in [0.25, 0.3) is 5.91 Å². The molecule has 0 unspecified atom stereocenters. The molecule has 0 spiro atoms. The Hall–Kier alpha value is 0.830. The van der Waals surface area contributed by atoms with Crippen LogP contribution in [0, 0.1) is 10.7 Å². The molecule has 0 aliphatic heterocycles. The monoisotopic (exact) mass is 591 g/mol. The Kier molecular flexibility index (Phi) is 5.91. The number of nitrogens with one attached hydrogen (secondary N) is 1. The SMILES string of the molecule is CCS(=O)(=O)NC(=O)c1cc(I)cc(I)c1I. The average Bonchev–Trinajstić information content (AvgIpc) is 2.22. The van der Waals surface area contributed by atoms with Crippen molar-refractivity contribution in [3.05, 3.63) is 28.4 Å². The highest BCUT2D eigenvalue weighted by Gasteiger charge is 2.18. The lowest BCUT2D eigenvalue weighted by Gasteiger charge is -2.08. The third-order valence-corrected chi connectivity index (χ3v) is 6.79. The summed E-state index contributed by atoms with van der Waals surface area (Å²) in [6, 6.07) is 3.60. The van der Waals surface area contributed by atoms with Crippen molar-refractivity contribution in [1.29, 1.82) is 0 Å². The summed E-state index contributed by atoms with van der Waals surface area (Å²) in [7, 11) is -3.52. The van der Waals surface area contributed by atoms with Gasteiger partial charge in [-0.1, -0.05) is 0 Å². The minimum atomic E-state index is -3.52. The van der Waals surface area contributed by atoms with Gasteiger partial charge in [-0.3, -0.25) is 4.79 Å². The normalized spacial score (nSPS) is 11.3. The maximum absolute atomic E-state index is 11.8. The third-order valence-electron chi connectivity index (χ3n) is 1.87. The molecule has 94 valence electrons. The van der Waals surface area contributed by atoms with E-state index in [2.05, 4.69) is 45.2 Å². The second-order valence-corrected chi connectivity index (χ2v) is 8.58. The number of carbonyl (C=O) groups is 1. The zero-order chi connectivity index (χ0) is 13.2. The first kappa shape index (κ1) is 15.9. The van der Waals surface area contributed by atoms with Gasteiger partial charge in [-0.05, 0) is 86.8 Å². The molecule has 0 radical (unpaired) electrons. The van der Waals surface area contributed by atoms with Gasteiger partial charge < -0.3 is 0 Å². The predicted molar refractivity (Wildman–Crippen MR) is 91.5 cm³/mol. The predicted octanol–water partition coefficient (Wildman–Crippen LogP) is 2.58. The highest BCUT2D eigenvalue weighted by molar-refractivity contribution is 14.1. The minimum Gasteiger partial charge on any atom is -0.268 e. The Morgan fingerprint density at radius 3 is 2.41 bits per heavy atom. The van der Waals surface area contributed by atoms with Gasteiger partial charge >= 0.3 is 0 Å². The first-order valence-electron chi connectivity index (χ1n) is 4.46. The fraction of sp³-hybridized carbons (Fsp3) is 0.222. The van der Waals surface area contributed by atoms with Crippen LogP contribution in [-0.2, 0) is 10.0 Å². The molecular formula is C9H8I3NO3S. The van der Waals surface area contributed by atoms with E-state index in [9.17, 15) is 13.2 Å². The van der Waals surface area contributed by atoms with Crippen LogP contribution in [0.2, 0.25) is 0 Å². The zero-order valence-corrected chi connectivity index (χ0v) is 15.9. The minimum absolute atomic E-state index is 0.115. The standard InChI is InChI=1S/C9H8I3NO3S/c1-2-17(15,16)13-9(14)6-3-5(10)4-7(11)8(6)12/h3-4H,2H2,1H3,(H,13,14). The topological polar surface area (TPSA) is 63.2 Å². The summed E-state index contributed by atoms with van der Waals surface area (Å²) in [5.74, 6) is -0.691. The summed E-state index contributed by atoms with van der Waals surface area (Å²) < 4.78 is 27.3. The smallest absolute Gasteiger partial charge is 0.265 e. The Labute approximate surface area is 141 Å². The molecule has 0 saturated heterocycles. The van der Waals surface area contributed by atoms with E-state index in [1.807, 2.05) is 33.4 Å². The van der Waals surface area contributed by atoms with E-state index in [4.69, 9.17) is 0 Å². The van der Waals surface area contributed by atoms with Crippen molar-refractivity contribution in [2.24, 2.45) is 0 Å². The lowest BCUT2D eigenvalue weighted by atomic mass is 10.2. The lowest BCUT2D eigenvalue weighted by Crippen LogP contribution is -2.32. The van der Waals surface area contributed by atoms with Crippen LogP contribution in [0.3, 0.4) is 0 Å². The Bertz CT molecular complexity index is 557. The van der Waals surface area contributed by atoms with Crippen LogP contribution in [-0.4, -0.2) is 20.1 Å². The van der Waals surface area contributed by atoms with Gasteiger partial charge in [0.05, 0.1) is 11.3 Å². The Morgan fingerprint density at radius 1 is 1.29 bits per heavy atom. The first-order valence-corrected chi connectivity index (χ1v) is 9.35. The van der Waals surface area contributed by atoms with Crippen molar-refractivity contribution in [3.63, 3.8) is 0 Å². The van der Waals surface area contributed by atoms with Crippen LogP contribution in [0.15, 0.2) is 12.1 Å². The number of hydrogen-bond donors (Lipinski definition) is 1. The van der Waals surface area contributed by atoms with E-state index in [0.717, 1.165) is 10.7 Å². The molecule has 0 aromatic heterocycles. The van der Waals surface area contributed by atoms with E-state index in [0.29, 0.717) is 5.56 Å². The van der Waals surface area contributed by atoms with Crippen molar-refractivity contribution >= 4 is 83.7 Å². The van der Waals surface area contributed by atoms with Gasteiger partial charge in [0.1, 0.15) is 0 Å². The number of carbonyl (C=O) groups excluding carboxylic acids is 1. The summed E-state index contributed by atoms with van der Waals surface area (Å²) in [6.45, 7) is 1.49. The largest absolute Gasteiger partial charge is 0.268 e. The third kappa shape index (κ3) is 4.45. The second-order valence-electron chi connectivity index (χ2n) is 3.08. The fourth-order valence-electron chi connectivity index (χ4n) is 0.990. The number of rotatable bonds is 3. The second kappa shape index (κ2) is 6.32. The summed E-state index contributed by atoms with van der Waals surface area (Å²) >= 11 is 6.24.